The van der Waals surface area contributed by atoms with E-state index in [1.54, 1.807) is 11.8 Å². The van der Waals surface area contributed by atoms with Gasteiger partial charge in [-0.25, -0.2) is 19.6 Å². The minimum Gasteiger partial charge on any atom is -0.480 e. The average molecular weight is 1150 g/mol. The molecule has 0 bridgehead atoms. The van der Waals surface area contributed by atoms with Crippen molar-refractivity contribution >= 4 is 47.4 Å². The van der Waals surface area contributed by atoms with Crippen LogP contribution in [0.25, 0.3) is 0 Å². The SMILES string of the molecule is C#CCOCCOCCOCCOCCC(=O)N(CCCCCC(=O)CO[C@@H]([C@@H]1OC(C(=O)OC)=C[C@H](N=C(N)N)[C@H]1C)[C@H](O)CO)CCOCCNC(=O)CO[C@@H]([C@@H]1OC(C(=O)OC)=C[C@H](N=C(N)N)[C@H]1NC(C)=O)[C@H](O)CO. The lowest BCUT2D eigenvalue weighted by Crippen LogP contribution is -2.60. The van der Waals surface area contributed by atoms with Gasteiger partial charge in [0.05, 0.1) is 111 Å². The number of Topliss-reactive ketones (excluding diaryl/α,β-unsaturated/α-hetero) is 1. The number of unbranched alkanes of at least 4 members (excludes halogenated alkanes) is 2. The van der Waals surface area contributed by atoms with Crippen molar-refractivity contribution in [1.82, 2.24) is 15.5 Å². The molecule has 454 valence electrons. The summed E-state index contributed by atoms with van der Waals surface area (Å²) in [6.07, 6.45) is 0.718. The summed E-state index contributed by atoms with van der Waals surface area (Å²) in [6, 6.07) is -3.07. The zero-order chi connectivity index (χ0) is 59.4. The maximum atomic E-state index is 13.4. The largest absolute Gasteiger partial charge is 0.480 e. The van der Waals surface area contributed by atoms with Crippen molar-refractivity contribution in [1.29, 1.82) is 0 Å². The van der Waals surface area contributed by atoms with Crippen LogP contribution in [0, 0.1) is 18.3 Å². The van der Waals surface area contributed by atoms with Gasteiger partial charge in [-0.3, -0.25) is 19.2 Å². The summed E-state index contributed by atoms with van der Waals surface area (Å²) in [7, 11) is 2.24. The number of guanidine groups is 2. The van der Waals surface area contributed by atoms with Crippen LogP contribution in [0.15, 0.2) is 33.7 Å². The Bertz CT molecular complexity index is 2070. The molecule has 10 atom stereocenters. The van der Waals surface area contributed by atoms with Gasteiger partial charge in [0.15, 0.2) is 23.8 Å². The summed E-state index contributed by atoms with van der Waals surface area (Å²) < 4.78 is 60.1. The Morgan fingerprint density at radius 1 is 0.700 bits per heavy atom. The quantitative estimate of drug-likeness (QED) is 0.00899. The number of rotatable bonds is 42. The molecule has 0 aromatic carbocycles. The highest BCUT2D eigenvalue weighted by Crippen LogP contribution is 2.31. The Kier molecular flexibility index (Phi) is 34.9. The maximum absolute atomic E-state index is 13.4. The monoisotopic (exact) mass is 1150 g/mol. The summed E-state index contributed by atoms with van der Waals surface area (Å²) in [4.78, 5) is 86.4. The van der Waals surface area contributed by atoms with E-state index in [4.69, 9.17) is 81.5 Å². The lowest BCUT2D eigenvalue weighted by atomic mass is 9.87. The van der Waals surface area contributed by atoms with Crippen LogP contribution in [-0.4, -0.2) is 254 Å². The number of hydrogen-bond acceptors (Lipinski definition) is 23. The standard InChI is InChI=1S/C50H83N9O21/c1-6-15-72-19-21-75-23-24-76-22-20-73-16-11-41(67)59(13-9-7-8-10-33(63)29-77-44(36(64)27-60)43-31(2)34(57-49(51)52)25-38(79-43)47(68)70-4)14-18-74-17-12-55-40(66)30-78-45(37(65)28-61)46-42(56-32(3)62)35(58-50(53)54)26-39(80-46)48(69)71-5/h1,25-26,31,34-37,42-46,60-61,64-65H,7-24,27-30H2,2-5H3,(H,55,66)(H,56,62)(H4,51,52,57)(H4,53,54,58)/t31-,34+,35+,36-,37-,42-,43-,44-,45-,46-/m1/s1. The molecule has 3 amide bonds. The number of nitrogens with two attached hydrogens (primary N) is 4. The van der Waals surface area contributed by atoms with Gasteiger partial charge < -0.3 is 111 Å². The highest BCUT2D eigenvalue weighted by Gasteiger charge is 2.46. The first kappa shape index (κ1) is 69.9. The van der Waals surface area contributed by atoms with Crippen LogP contribution in [0.4, 0.5) is 0 Å². The smallest absolute Gasteiger partial charge is 0.373 e. The van der Waals surface area contributed by atoms with Gasteiger partial charge >= 0.3 is 11.9 Å². The molecule has 0 saturated heterocycles. The van der Waals surface area contributed by atoms with Crippen molar-refractivity contribution in [3.8, 4) is 12.3 Å². The number of amides is 3. The first-order valence-corrected chi connectivity index (χ1v) is 25.9. The second-order valence-corrected chi connectivity index (χ2v) is 18.0. The van der Waals surface area contributed by atoms with Crippen LogP contribution < -0.4 is 33.6 Å². The Morgan fingerprint density at radius 2 is 1.23 bits per heavy atom. The number of ketones is 1. The van der Waals surface area contributed by atoms with Gasteiger partial charge in [-0.2, -0.15) is 0 Å². The maximum Gasteiger partial charge on any atom is 0.373 e. The van der Waals surface area contributed by atoms with E-state index < -0.39 is 117 Å². The lowest BCUT2D eigenvalue weighted by molar-refractivity contribution is -0.161. The predicted molar refractivity (Wildman–Crippen MR) is 282 cm³/mol. The number of nitrogens with zero attached hydrogens (tertiary/aromatic N) is 3. The number of hydrogen-bond donors (Lipinski definition) is 10. The number of esters is 2. The lowest BCUT2D eigenvalue weighted by Gasteiger charge is -2.40. The number of aliphatic hydroxyl groups is 4. The predicted octanol–water partition coefficient (Wildman–Crippen LogP) is -5.02. The van der Waals surface area contributed by atoms with Crippen molar-refractivity contribution in [2.24, 2.45) is 38.8 Å². The van der Waals surface area contributed by atoms with Crippen LogP contribution in [0.5, 0.6) is 0 Å². The van der Waals surface area contributed by atoms with Gasteiger partial charge in [0.25, 0.3) is 0 Å². The highest BCUT2D eigenvalue weighted by molar-refractivity contribution is 5.87. The van der Waals surface area contributed by atoms with E-state index in [1.165, 1.54) is 19.1 Å². The minimum atomic E-state index is -1.69. The molecule has 2 aliphatic rings. The summed E-state index contributed by atoms with van der Waals surface area (Å²) in [5.41, 5.74) is 22.4. The van der Waals surface area contributed by atoms with Gasteiger partial charge in [0.1, 0.15) is 50.3 Å². The molecule has 30 heteroatoms. The number of ether oxygens (including phenoxy) is 11. The fourth-order valence-electron chi connectivity index (χ4n) is 7.95. The van der Waals surface area contributed by atoms with E-state index >= 15 is 0 Å². The molecule has 2 aliphatic heterocycles. The summed E-state index contributed by atoms with van der Waals surface area (Å²) in [6.45, 7) is 2.84. The summed E-state index contributed by atoms with van der Waals surface area (Å²) >= 11 is 0. The van der Waals surface area contributed by atoms with Crippen molar-refractivity contribution in [2.75, 3.05) is 126 Å². The average Bonchev–Trinajstić information content (AvgIpc) is 3.44. The molecule has 0 aromatic rings. The van der Waals surface area contributed by atoms with Gasteiger partial charge in [-0.1, -0.05) is 19.3 Å². The number of nitrogens with one attached hydrogen (secondary N) is 2. The molecule has 0 spiro atoms. The Morgan fingerprint density at radius 3 is 1.79 bits per heavy atom. The minimum absolute atomic E-state index is 0.000127. The third-order valence-corrected chi connectivity index (χ3v) is 11.9. The van der Waals surface area contributed by atoms with Gasteiger partial charge in [0, 0.05) is 38.9 Å². The highest BCUT2D eigenvalue weighted by atomic mass is 16.6. The van der Waals surface area contributed by atoms with Crippen LogP contribution in [0.3, 0.4) is 0 Å². The van der Waals surface area contributed by atoms with Gasteiger partial charge in [0.2, 0.25) is 29.2 Å². The molecule has 0 aromatic heterocycles. The van der Waals surface area contributed by atoms with Gasteiger partial charge in [-0.05, 0) is 25.0 Å². The third kappa shape index (κ3) is 26.8. The van der Waals surface area contributed by atoms with E-state index in [0.29, 0.717) is 52.2 Å². The van der Waals surface area contributed by atoms with Crippen LogP contribution in [0.2, 0.25) is 0 Å². The number of aliphatic hydroxyl groups excluding tert-OH is 4. The van der Waals surface area contributed by atoms with Crippen LogP contribution in [0.1, 0.15) is 46.0 Å². The molecule has 0 fully saturated rings. The molecule has 0 radical (unpaired) electrons. The number of carbonyl (C=O) groups excluding carboxylic acids is 6. The van der Waals surface area contributed by atoms with E-state index in [0.717, 1.165) is 14.2 Å². The zero-order valence-electron chi connectivity index (χ0n) is 45.9. The molecule has 0 saturated carbocycles. The fourth-order valence-corrected chi connectivity index (χ4v) is 7.95. The van der Waals surface area contributed by atoms with E-state index in [-0.39, 0.29) is 94.7 Å². The van der Waals surface area contributed by atoms with Crippen molar-refractivity contribution in [3.63, 3.8) is 0 Å². The number of carbonyl (C=O) groups is 6. The van der Waals surface area contributed by atoms with Crippen molar-refractivity contribution < 1.29 is 101 Å². The van der Waals surface area contributed by atoms with Crippen LogP contribution in [-0.2, 0) is 80.9 Å². The van der Waals surface area contributed by atoms with E-state index in [2.05, 4.69) is 26.5 Å². The molecule has 30 nitrogen and oxygen atoms in total. The first-order chi connectivity index (χ1) is 38.3. The van der Waals surface area contributed by atoms with Gasteiger partial charge in [-0.15, -0.1) is 6.42 Å². The number of aliphatic imine (C=N–C) groups is 2. The fraction of sp³-hybridized carbons (Fsp3) is 0.720. The zero-order valence-corrected chi connectivity index (χ0v) is 45.9. The topological polar surface area (TPSA) is 441 Å². The molecular weight excluding hydrogens is 1060 g/mol. The molecule has 0 unspecified atom stereocenters. The van der Waals surface area contributed by atoms with Crippen molar-refractivity contribution in [2.45, 2.75) is 101 Å². The molecule has 2 rings (SSSR count). The summed E-state index contributed by atoms with van der Waals surface area (Å²) in [5.74, 6) is -3.11. The molecule has 80 heavy (non-hydrogen) atoms. The Labute approximate surface area is 465 Å². The van der Waals surface area contributed by atoms with E-state index in [1.807, 2.05) is 0 Å². The molecule has 0 aliphatic carbocycles. The molecule has 14 N–H and O–H groups in total. The molecular formula is C50H83N9O21. The number of terminal acetylenes is 1. The summed E-state index contributed by atoms with van der Waals surface area (Å²) in [5, 5.41) is 46.5. The Hall–Kier alpha value is -6.24. The van der Waals surface area contributed by atoms with Crippen molar-refractivity contribution in [3.05, 3.63) is 23.7 Å². The van der Waals surface area contributed by atoms with Crippen LogP contribution >= 0.6 is 0 Å². The normalized spacial score (nSPS) is 20.1. The molecule has 2 heterocycles. The Balaban J connectivity index is 1.99. The second kappa shape index (κ2) is 40.0. The second-order valence-electron chi connectivity index (χ2n) is 18.0. The number of methoxy groups -OCH3 is 2. The third-order valence-electron chi connectivity index (χ3n) is 11.9. The van der Waals surface area contributed by atoms with E-state index in [9.17, 15) is 49.2 Å². The first-order valence-electron chi connectivity index (χ1n) is 25.9.